The zero-order valence-electron chi connectivity index (χ0n) is 23.7. The van der Waals surface area contributed by atoms with Crippen LogP contribution in [-0.4, -0.2) is 86.8 Å². The summed E-state index contributed by atoms with van der Waals surface area (Å²) in [6.45, 7) is 8.36. The number of carbonyl (C=O) groups is 4. The molecule has 248 valence electrons. The first-order chi connectivity index (χ1) is 18.7. The molecule has 20 heteroatoms. The van der Waals surface area contributed by atoms with Gasteiger partial charge in [-0.1, -0.05) is 13.8 Å². The molecule has 42 heavy (non-hydrogen) atoms. The normalized spacial score (nSPS) is 12.9. The molecule has 0 radical (unpaired) electrons. The molecule has 0 aromatic heterocycles. The van der Waals surface area contributed by atoms with Crippen LogP contribution in [0.15, 0.2) is 0 Å². The van der Waals surface area contributed by atoms with Gasteiger partial charge in [-0.3, -0.25) is 9.59 Å². The molecule has 0 aromatic rings. The second kappa shape index (κ2) is 16.3. The van der Waals surface area contributed by atoms with Gasteiger partial charge < -0.3 is 28.1 Å². The van der Waals surface area contributed by atoms with E-state index in [0.29, 0.717) is 12.8 Å². The summed E-state index contributed by atoms with van der Waals surface area (Å²) in [5, 5.41) is -10.3. The van der Waals surface area contributed by atoms with Crippen LogP contribution < -0.4 is 0 Å². The average Bonchev–Trinajstić information content (AvgIpc) is 2.86. The van der Waals surface area contributed by atoms with Crippen molar-refractivity contribution in [2.75, 3.05) is 26.4 Å². The molecule has 0 N–H and O–H groups in total. The standard InChI is InChI=1S/C12H20F2O7S.C10H16F2O7S/c1-4-11(2,3)9(15)20-7-5-6-8-21-10(16)12(13,14)22(17,18)19;1-4-9(2,3)7(13)18-5-6-19-8(14)10(11,12)20(15,16)17/h4-8H2,1-3H3,(H,17,18,19);4-6H2,1-3H3,(H,15,16,17)/p-2. The number of alkyl halides is 4. The van der Waals surface area contributed by atoms with E-state index in [1.165, 1.54) is 0 Å². The largest absolute Gasteiger partial charge is 0.743 e. The third-order valence-electron chi connectivity index (χ3n) is 5.53. The molecule has 0 saturated carbocycles. The number of esters is 4. The molecule has 0 bridgehead atoms. The highest BCUT2D eigenvalue weighted by atomic mass is 32.2. The zero-order valence-corrected chi connectivity index (χ0v) is 25.3. The molecule has 0 spiro atoms. The molecule has 0 aromatic carbocycles. The molecule has 14 nitrogen and oxygen atoms in total. The van der Waals surface area contributed by atoms with Crippen LogP contribution in [0.3, 0.4) is 0 Å². The minimum Gasteiger partial charge on any atom is -0.743 e. The summed E-state index contributed by atoms with van der Waals surface area (Å²) < 4.78 is 129. The van der Waals surface area contributed by atoms with E-state index in [9.17, 15) is 62.7 Å². The Morgan fingerprint density at radius 1 is 0.548 bits per heavy atom. The van der Waals surface area contributed by atoms with E-state index in [2.05, 4.69) is 14.2 Å². The molecule has 0 aliphatic carbocycles. The molecule has 0 atom stereocenters. The maximum absolute atomic E-state index is 12.7. The topological polar surface area (TPSA) is 220 Å². The second-order valence-corrected chi connectivity index (χ2v) is 12.5. The average molecular weight is 663 g/mol. The summed E-state index contributed by atoms with van der Waals surface area (Å²) in [6, 6.07) is 0. The number of unbranched alkanes of at least 4 members (excludes halogenated alkanes) is 1. The fourth-order valence-corrected chi connectivity index (χ4v) is 2.38. The van der Waals surface area contributed by atoms with Crippen LogP contribution in [0, 0.1) is 10.8 Å². The molecule has 0 rings (SSSR count). The van der Waals surface area contributed by atoms with E-state index in [1.54, 1.807) is 34.6 Å². The lowest BCUT2D eigenvalue weighted by atomic mass is 9.91. The molecular weight excluding hydrogens is 628 g/mol. The number of hydrogen-bond donors (Lipinski definition) is 0. The number of hydrogen-bond acceptors (Lipinski definition) is 14. The van der Waals surface area contributed by atoms with Crippen LogP contribution in [0.4, 0.5) is 17.6 Å². The van der Waals surface area contributed by atoms with Gasteiger partial charge in [0.1, 0.15) is 13.2 Å². The van der Waals surface area contributed by atoms with Crippen molar-refractivity contribution < 1.29 is 81.6 Å². The first-order valence-electron chi connectivity index (χ1n) is 12.1. The van der Waals surface area contributed by atoms with Crippen molar-refractivity contribution in [3.8, 4) is 0 Å². The van der Waals surface area contributed by atoms with Crippen molar-refractivity contribution in [2.24, 2.45) is 10.8 Å². The monoisotopic (exact) mass is 662 g/mol. The van der Waals surface area contributed by atoms with Crippen LogP contribution >= 0.6 is 0 Å². The fraction of sp³-hybridized carbons (Fsp3) is 0.818. The van der Waals surface area contributed by atoms with Gasteiger partial charge in [0, 0.05) is 0 Å². The summed E-state index contributed by atoms with van der Waals surface area (Å²) in [5.41, 5.74) is -1.41. The number of carbonyl (C=O) groups excluding carboxylic acids is 4. The number of rotatable bonds is 16. The Bertz CT molecular complexity index is 1150. The van der Waals surface area contributed by atoms with Gasteiger partial charge >= 0.3 is 34.4 Å². The summed E-state index contributed by atoms with van der Waals surface area (Å²) in [5.74, 6) is -5.94. The Balaban J connectivity index is 0. The highest BCUT2D eigenvalue weighted by molar-refractivity contribution is 7.87. The van der Waals surface area contributed by atoms with Gasteiger partial charge in [0.2, 0.25) is 0 Å². The maximum atomic E-state index is 12.7. The van der Waals surface area contributed by atoms with Crippen LogP contribution in [0.2, 0.25) is 0 Å². The van der Waals surface area contributed by atoms with Gasteiger partial charge in [0.05, 0.1) is 24.0 Å². The summed E-state index contributed by atoms with van der Waals surface area (Å²) in [4.78, 5) is 44.5. The van der Waals surface area contributed by atoms with Crippen LogP contribution in [0.1, 0.15) is 67.2 Å². The van der Waals surface area contributed by atoms with Crippen molar-refractivity contribution >= 4 is 44.1 Å². The van der Waals surface area contributed by atoms with Crippen molar-refractivity contribution in [1.29, 1.82) is 0 Å². The van der Waals surface area contributed by atoms with Gasteiger partial charge in [0.25, 0.3) is 0 Å². The molecule has 0 unspecified atom stereocenters. The molecule has 0 fully saturated rings. The highest BCUT2D eigenvalue weighted by Crippen LogP contribution is 2.24. The minimum absolute atomic E-state index is 0.00998. The molecule has 0 aliphatic heterocycles. The number of ether oxygens (including phenoxy) is 4. The lowest BCUT2D eigenvalue weighted by Crippen LogP contribution is -2.39. The Labute approximate surface area is 240 Å². The third-order valence-corrected chi connectivity index (χ3v) is 7.12. The van der Waals surface area contributed by atoms with Crippen LogP contribution in [-0.2, 0) is 58.4 Å². The SMILES string of the molecule is CCC(C)(C)C(=O)OCCCCOC(=O)C(F)(F)S(=O)(=O)[O-].CCC(C)(C)C(=O)OCCOC(=O)C(F)(F)S(=O)(=O)[O-]. The van der Waals surface area contributed by atoms with Gasteiger partial charge in [-0.2, -0.15) is 17.6 Å². The van der Waals surface area contributed by atoms with Crippen molar-refractivity contribution in [2.45, 2.75) is 77.7 Å². The van der Waals surface area contributed by atoms with E-state index in [-0.39, 0.29) is 19.4 Å². The van der Waals surface area contributed by atoms with Gasteiger partial charge in [-0.15, -0.1) is 0 Å². The van der Waals surface area contributed by atoms with Crippen molar-refractivity contribution in [3.63, 3.8) is 0 Å². The predicted octanol–water partition coefficient (Wildman–Crippen LogP) is 2.07. The van der Waals surface area contributed by atoms with Crippen LogP contribution in [0.25, 0.3) is 0 Å². The lowest BCUT2D eigenvalue weighted by Gasteiger charge is -2.21. The first-order valence-corrected chi connectivity index (χ1v) is 14.9. The van der Waals surface area contributed by atoms with E-state index in [4.69, 9.17) is 4.74 Å². The molecule has 0 aliphatic rings. The fourth-order valence-electron chi connectivity index (χ4n) is 1.85. The van der Waals surface area contributed by atoms with E-state index >= 15 is 0 Å². The molecule has 0 heterocycles. The Hall–Kier alpha value is -2.58. The van der Waals surface area contributed by atoms with Crippen LogP contribution in [0.5, 0.6) is 0 Å². The zero-order chi connectivity index (χ0) is 33.8. The Morgan fingerprint density at radius 2 is 0.786 bits per heavy atom. The van der Waals surface area contributed by atoms with Crippen molar-refractivity contribution in [3.05, 3.63) is 0 Å². The summed E-state index contributed by atoms with van der Waals surface area (Å²) in [6.07, 6.45) is 1.36. The first kappa shape index (κ1) is 41.6. The molecule has 0 saturated heterocycles. The van der Waals surface area contributed by atoms with E-state index < -0.39 is 85.3 Å². The quantitative estimate of drug-likeness (QED) is 0.0759. The summed E-state index contributed by atoms with van der Waals surface area (Å²) in [7, 11) is -12.3. The Morgan fingerprint density at radius 3 is 1.05 bits per heavy atom. The van der Waals surface area contributed by atoms with Gasteiger partial charge in [0.15, 0.2) is 20.2 Å². The highest BCUT2D eigenvalue weighted by Gasteiger charge is 2.49. The van der Waals surface area contributed by atoms with Gasteiger partial charge in [-0.25, -0.2) is 26.4 Å². The molecular formula is C22H34F4O14S2-2. The van der Waals surface area contributed by atoms with E-state index in [1.807, 2.05) is 6.92 Å². The third kappa shape index (κ3) is 13.2. The van der Waals surface area contributed by atoms with E-state index in [0.717, 1.165) is 0 Å². The Kier molecular flexibility index (Phi) is 16.1. The maximum Gasteiger partial charge on any atom is 0.428 e. The minimum atomic E-state index is -6.15. The van der Waals surface area contributed by atoms with Gasteiger partial charge in [-0.05, 0) is 53.4 Å². The predicted molar refractivity (Wildman–Crippen MR) is 131 cm³/mol. The number of halogens is 4. The molecule has 0 amide bonds. The summed E-state index contributed by atoms with van der Waals surface area (Å²) >= 11 is 0. The smallest absolute Gasteiger partial charge is 0.428 e. The lowest BCUT2D eigenvalue weighted by molar-refractivity contribution is -0.167. The second-order valence-electron chi connectivity index (χ2n) is 9.67. The van der Waals surface area contributed by atoms with Crippen molar-refractivity contribution in [1.82, 2.24) is 0 Å².